The number of hydrogen-bond donors (Lipinski definition) is 0. The molecule has 0 aliphatic carbocycles. The molecular weight excluding hydrogens is 266 g/mol. The van der Waals surface area contributed by atoms with Gasteiger partial charge in [0.2, 0.25) is 0 Å². The Balaban J connectivity index is 2.36. The van der Waals surface area contributed by atoms with Crippen molar-refractivity contribution in [3.8, 4) is 0 Å². The van der Waals surface area contributed by atoms with Gasteiger partial charge in [0.25, 0.3) is 0 Å². The highest BCUT2D eigenvalue weighted by Crippen LogP contribution is 2.27. The second kappa shape index (κ2) is 3.67. The van der Waals surface area contributed by atoms with Crippen LogP contribution in [-0.4, -0.2) is 14.4 Å². The summed E-state index contributed by atoms with van der Waals surface area (Å²) in [5, 5.41) is 3.12. The Morgan fingerprint density at radius 3 is 2.94 bits per heavy atom. The lowest BCUT2D eigenvalue weighted by Crippen LogP contribution is -1.98. The summed E-state index contributed by atoms with van der Waals surface area (Å²) < 4.78 is 2.05. The van der Waals surface area contributed by atoms with Gasteiger partial charge in [-0.1, -0.05) is 12.1 Å². The van der Waals surface area contributed by atoms with Crippen molar-refractivity contribution < 1.29 is 0 Å². The Labute approximate surface area is 112 Å². The van der Waals surface area contributed by atoms with Gasteiger partial charge in [0, 0.05) is 0 Å². The first kappa shape index (κ1) is 10.3. The topological polar surface area (TPSA) is 30.2 Å². The molecule has 0 saturated heterocycles. The number of benzene rings is 1. The molecule has 0 unspecified atom stereocenters. The van der Waals surface area contributed by atoms with Crippen molar-refractivity contribution in [3.05, 3.63) is 41.5 Å². The van der Waals surface area contributed by atoms with Crippen LogP contribution in [0.3, 0.4) is 0 Å². The van der Waals surface area contributed by atoms with E-state index in [1.54, 1.807) is 11.3 Å². The SMILES string of the molecule is ClCc1nc2sccc2c2nc3ccccc3n12. The van der Waals surface area contributed by atoms with Crippen molar-refractivity contribution in [2.75, 3.05) is 0 Å². The largest absolute Gasteiger partial charge is 0.279 e. The normalized spacial score (nSPS) is 11.8. The summed E-state index contributed by atoms with van der Waals surface area (Å²) in [6.45, 7) is 0. The van der Waals surface area contributed by atoms with Gasteiger partial charge in [-0.3, -0.25) is 4.40 Å². The van der Waals surface area contributed by atoms with Crippen molar-refractivity contribution in [1.82, 2.24) is 14.4 Å². The molecule has 0 N–H and O–H groups in total. The number of hydrogen-bond acceptors (Lipinski definition) is 3. The highest BCUT2D eigenvalue weighted by Gasteiger charge is 2.13. The van der Waals surface area contributed by atoms with Gasteiger partial charge >= 0.3 is 0 Å². The molecule has 0 atom stereocenters. The van der Waals surface area contributed by atoms with E-state index in [0.29, 0.717) is 5.88 Å². The van der Waals surface area contributed by atoms with Crippen LogP contribution in [0.1, 0.15) is 5.82 Å². The van der Waals surface area contributed by atoms with Gasteiger partial charge in [-0.05, 0) is 23.6 Å². The molecule has 0 aliphatic heterocycles. The molecule has 18 heavy (non-hydrogen) atoms. The highest BCUT2D eigenvalue weighted by molar-refractivity contribution is 7.16. The van der Waals surface area contributed by atoms with Gasteiger partial charge in [-0.2, -0.15) is 0 Å². The summed E-state index contributed by atoms with van der Waals surface area (Å²) in [5.74, 6) is 1.22. The molecule has 4 aromatic rings. The van der Waals surface area contributed by atoms with E-state index in [9.17, 15) is 0 Å². The molecule has 5 heteroatoms. The fraction of sp³-hybridized carbons (Fsp3) is 0.0769. The average molecular weight is 274 g/mol. The van der Waals surface area contributed by atoms with Crippen LogP contribution in [0.25, 0.3) is 26.9 Å². The summed E-state index contributed by atoms with van der Waals surface area (Å²) in [7, 11) is 0. The van der Waals surface area contributed by atoms with Gasteiger partial charge in [-0.25, -0.2) is 9.97 Å². The number of alkyl halides is 1. The minimum absolute atomic E-state index is 0.380. The van der Waals surface area contributed by atoms with Crippen molar-refractivity contribution >= 4 is 49.8 Å². The third-order valence-electron chi connectivity index (χ3n) is 3.05. The maximum Gasteiger partial charge on any atom is 0.149 e. The monoisotopic (exact) mass is 273 g/mol. The predicted octanol–water partition coefficient (Wildman–Crippen LogP) is 3.84. The van der Waals surface area contributed by atoms with Crippen LogP contribution >= 0.6 is 22.9 Å². The first-order chi connectivity index (χ1) is 8.88. The molecule has 0 radical (unpaired) electrons. The fourth-order valence-corrected chi connectivity index (χ4v) is 3.24. The summed E-state index contributed by atoms with van der Waals surface area (Å²) in [5.41, 5.74) is 2.98. The molecule has 0 bridgehead atoms. The number of nitrogens with zero attached hydrogens (tertiary/aromatic N) is 3. The molecule has 3 nitrogen and oxygen atoms in total. The zero-order valence-electron chi connectivity index (χ0n) is 9.30. The molecule has 0 saturated carbocycles. The number of rotatable bonds is 1. The second-order valence-electron chi connectivity index (χ2n) is 4.06. The minimum Gasteiger partial charge on any atom is -0.279 e. The van der Waals surface area contributed by atoms with E-state index in [4.69, 9.17) is 16.6 Å². The first-order valence-electron chi connectivity index (χ1n) is 5.58. The van der Waals surface area contributed by atoms with E-state index in [1.807, 2.05) is 29.6 Å². The zero-order chi connectivity index (χ0) is 12.1. The predicted molar refractivity (Wildman–Crippen MR) is 75.4 cm³/mol. The van der Waals surface area contributed by atoms with Crippen molar-refractivity contribution in [2.24, 2.45) is 0 Å². The molecular formula is C13H8ClN3S. The van der Waals surface area contributed by atoms with E-state index >= 15 is 0 Å². The summed E-state index contributed by atoms with van der Waals surface area (Å²) in [6.07, 6.45) is 0. The number of fused-ring (bicyclic) bond motifs is 5. The number of aromatic nitrogens is 3. The van der Waals surface area contributed by atoms with Gasteiger partial charge in [0.15, 0.2) is 0 Å². The Kier molecular flexibility index (Phi) is 2.10. The Bertz CT molecular complexity index is 878. The van der Waals surface area contributed by atoms with Crippen molar-refractivity contribution in [3.63, 3.8) is 0 Å². The zero-order valence-corrected chi connectivity index (χ0v) is 10.9. The standard InChI is InChI=1S/C13H8ClN3S/c14-7-11-16-13-8(5-6-18-13)12-15-9-3-1-2-4-10(9)17(11)12/h1-6H,7H2. The van der Waals surface area contributed by atoms with E-state index < -0.39 is 0 Å². The molecule has 3 heterocycles. The van der Waals surface area contributed by atoms with Crippen LogP contribution in [0.4, 0.5) is 0 Å². The first-order valence-corrected chi connectivity index (χ1v) is 6.99. The molecule has 0 fully saturated rings. The van der Waals surface area contributed by atoms with Gasteiger partial charge in [0.05, 0.1) is 22.3 Å². The van der Waals surface area contributed by atoms with Crippen molar-refractivity contribution in [1.29, 1.82) is 0 Å². The van der Waals surface area contributed by atoms with E-state index in [2.05, 4.69) is 15.5 Å². The smallest absolute Gasteiger partial charge is 0.149 e. The van der Waals surface area contributed by atoms with Crippen LogP contribution in [0.15, 0.2) is 35.7 Å². The van der Waals surface area contributed by atoms with Crippen LogP contribution in [0.2, 0.25) is 0 Å². The maximum absolute atomic E-state index is 6.02. The Morgan fingerprint density at radius 2 is 2.06 bits per heavy atom. The van der Waals surface area contributed by atoms with Crippen molar-refractivity contribution in [2.45, 2.75) is 5.88 Å². The lowest BCUT2D eigenvalue weighted by molar-refractivity contribution is 1.02. The van der Waals surface area contributed by atoms with Crippen LogP contribution < -0.4 is 0 Å². The maximum atomic E-state index is 6.02. The molecule has 4 rings (SSSR count). The summed E-state index contributed by atoms with van der Waals surface area (Å²) >= 11 is 7.64. The number of thiophene rings is 1. The van der Waals surface area contributed by atoms with Gasteiger partial charge < -0.3 is 0 Å². The lowest BCUT2D eigenvalue weighted by atomic mass is 10.3. The molecule has 0 aliphatic rings. The summed E-state index contributed by atoms with van der Waals surface area (Å²) in [4.78, 5) is 10.3. The Hall–Kier alpha value is -1.65. The average Bonchev–Trinajstić information content (AvgIpc) is 3.01. The highest BCUT2D eigenvalue weighted by atomic mass is 35.5. The molecule has 0 spiro atoms. The molecule has 0 amide bonds. The second-order valence-corrected chi connectivity index (χ2v) is 5.22. The number of imidazole rings is 1. The van der Waals surface area contributed by atoms with Crippen LogP contribution in [0, 0.1) is 0 Å². The molecule has 88 valence electrons. The van der Waals surface area contributed by atoms with Gasteiger partial charge in [0.1, 0.15) is 16.3 Å². The lowest BCUT2D eigenvalue weighted by Gasteiger charge is -2.03. The number of para-hydroxylation sites is 2. The molecule has 1 aromatic carbocycles. The summed E-state index contributed by atoms with van der Waals surface area (Å²) in [6, 6.07) is 10.1. The minimum atomic E-state index is 0.380. The third kappa shape index (κ3) is 1.24. The van der Waals surface area contributed by atoms with E-state index in [1.165, 1.54) is 0 Å². The molecule has 3 aromatic heterocycles. The fourth-order valence-electron chi connectivity index (χ4n) is 2.28. The Morgan fingerprint density at radius 1 is 1.17 bits per heavy atom. The van der Waals surface area contributed by atoms with E-state index in [-0.39, 0.29) is 0 Å². The van der Waals surface area contributed by atoms with E-state index in [0.717, 1.165) is 32.7 Å². The van der Waals surface area contributed by atoms with Crippen LogP contribution in [-0.2, 0) is 5.88 Å². The third-order valence-corrected chi connectivity index (χ3v) is 4.10. The van der Waals surface area contributed by atoms with Gasteiger partial charge in [-0.15, -0.1) is 22.9 Å². The quantitative estimate of drug-likeness (QED) is 0.493. The number of halogens is 1. The van der Waals surface area contributed by atoms with Crippen LogP contribution in [0.5, 0.6) is 0 Å².